The Morgan fingerprint density at radius 2 is 2.06 bits per heavy atom. The number of morpholine rings is 1. The highest BCUT2D eigenvalue weighted by Gasteiger charge is 2.30. The minimum Gasteiger partial charge on any atom is -0.381 e. The fourth-order valence-corrected chi connectivity index (χ4v) is 5.47. The topological polar surface area (TPSA) is 49.9 Å². The number of fused-ring (bicyclic) bond motifs is 2. The summed E-state index contributed by atoms with van der Waals surface area (Å²) in [4.78, 5) is 9.63. The largest absolute Gasteiger partial charge is 0.381 e. The Bertz CT molecular complexity index is 899. The average Bonchev–Trinajstić information content (AvgIpc) is 2.96. The molecule has 166 valence electrons. The molecule has 0 radical (unpaired) electrons. The summed E-state index contributed by atoms with van der Waals surface area (Å²) in [5, 5.41) is 3.61. The number of pyridine rings is 1. The standard InChI is InChI=1S/C25H34N4O2/c1-18-14-19(5-8-24(18)30-2)16-29-17-20-4-3-9-26-25(20)27-22-7-6-21(15-23(22)29)28-10-12-31-13-11-28/h3-4,6-7,9,15,18-19,24H,5,8,10-14,16-17H2,1-2H3,(H,26,27)/t18-,19-,24+/m1/s1. The summed E-state index contributed by atoms with van der Waals surface area (Å²) in [5.74, 6) is 2.27. The van der Waals surface area contributed by atoms with E-state index in [4.69, 9.17) is 9.47 Å². The normalized spacial score (nSPS) is 25.9. The zero-order valence-electron chi connectivity index (χ0n) is 18.7. The number of aromatic nitrogens is 1. The number of anilines is 4. The van der Waals surface area contributed by atoms with Gasteiger partial charge in [0.05, 0.1) is 30.7 Å². The molecule has 1 aliphatic carbocycles. The second kappa shape index (κ2) is 9.05. The first-order valence-corrected chi connectivity index (χ1v) is 11.7. The van der Waals surface area contributed by atoms with Gasteiger partial charge in [0.2, 0.25) is 0 Å². The smallest absolute Gasteiger partial charge is 0.135 e. The van der Waals surface area contributed by atoms with Crippen LogP contribution in [-0.2, 0) is 16.0 Å². The molecule has 0 amide bonds. The van der Waals surface area contributed by atoms with E-state index in [0.29, 0.717) is 17.9 Å². The number of ether oxygens (including phenoxy) is 2. The lowest BCUT2D eigenvalue weighted by Crippen LogP contribution is -2.37. The van der Waals surface area contributed by atoms with Crippen LogP contribution in [0, 0.1) is 11.8 Å². The van der Waals surface area contributed by atoms with Crippen LogP contribution in [0.5, 0.6) is 0 Å². The van der Waals surface area contributed by atoms with Gasteiger partial charge >= 0.3 is 0 Å². The molecule has 2 aliphatic heterocycles. The highest BCUT2D eigenvalue weighted by atomic mass is 16.5. The molecule has 6 nitrogen and oxygen atoms in total. The molecule has 3 aliphatic rings. The Morgan fingerprint density at radius 1 is 1.19 bits per heavy atom. The Balaban J connectivity index is 1.44. The number of methoxy groups -OCH3 is 1. The highest BCUT2D eigenvalue weighted by molar-refractivity contribution is 5.81. The lowest BCUT2D eigenvalue weighted by atomic mass is 9.80. The van der Waals surface area contributed by atoms with Crippen molar-refractivity contribution in [2.45, 2.75) is 38.8 Å². The van der Waals surface area contributed by atoms with E-state index in [1.165, 1.54) is 29.8 Å². The van der Waals surface area contributed by atoms with Crippen LogP contribution < -0.4 is 15.1 Å². The van der Waals surface area contributed by atoms with Crippen molar-refractivity contribution in [2.75, 3.05) is 55.1 Å². The molecule has 0 bridgehead atoms. The molecule has 0 unspecified atom stereocenters. The minimum absolute atomic E-state index is 0.409. The quantitative estimate of drug-likeness (QED) is 0.787. The second-order valence-corrected chi connectivity index (χ2v) is 9.25. The van der Waals surface area contributed by atoms with Gasteiger partial charge in [0.1, 0.15) is 5.82 Å². The summed E-state index contributed by atoms with van der Waals surface area (Å²) in [7, 11) is 1.86. The van der Waals surface area contributed by atoms with Crippen LogP contribution in [0.4, 0.5) is 22.9 Å². The molecule has 0 spiro atoms. The van der Waals surface area contributed by atoms with Gasteiger partial charge in [-0.2, -0.15) is 0 Å². The second-order valence-electron chi connectivity index (χ2n) is 9.25. The zero-order chi connectivity index (χ0) is 21.2. The summed E-state index contributed by atoms with van der Waals surface area (Å²) >= 11 is 0. The first-order chi connectivity index (χ1) is 15.2. The van der Waals surface area contributed by atoms with Crippen molar-refractivity contribution in [1.82, 2.24) is 4.98 Å². The molecular weight excluding hydrogens is 388 g/mol. The molecule has 2 fully saturated rings. The van der Waals surface area contributed by atoms with Crippen LogP contribution in [0.25, 0.3) is 0 Å². The van der Waals surface area contributed by atoms with Crippen LogP contribution >= 0.6 is 0 Å². The van der Waals surface area contributed by atoms with Crippen molar-refractivity contribution in [1.29, 1.82) is 0 Å². The molecule has 1 aromatic carbocycles. The zero-order valence-corrected chi connectivity index (χ0v) is 18.7. The Kier molecular flexibility index (Phi) is 6.01. The maximum absolute atomic E-state index is 5.70. The Morgan fingerprint density at radius 3 is 2.87 bits per heavy atom. The Hall–Kier alpha value is -2.31. The molecule has 3 heterocycles. The molecule has 1 saturated heterocycles. The van der Waals surface area contributed by atoms with Crippen LogP contribution in [0.15, 0.2) is 36.5 Å². The number of nitrogens with one attached hydrogen (secondary N) is 1. The third kappa shape index (κ3) is 4.37. The van der Waals surface area contributed by atoms with Gasteiger partial charge in [-0.3, -0.25) is 0 Å². The summed E-state index contributed by atoms with van der Waals surface area (Å²) in [6.45, 7) is 7.79. The van der Waals surface area contributed by atoms with Crippen LogP contribution in [0.1, 0.15) is 31.7 Å². The predicted octanol–water partition coefficient (Wildman–Crippen LogP) is 4.43. The first kappa shape index (κ1) is 20.6. The summed E-state index contributed by atoms with van der Waals surface area (Å²) < 4.78 is 11.3. The maximum Gasteiger partial charge on any atom is 0.135 e. The van der Waals surface area contributed by atoms with Crippen molar-refractivity contribution < 1.29 is 9.47 Å². The van der Waals surface area contributed by atoms with E-state index >= 15 is 0 Å². The highest BCUT2D eigenvalue weighted by Crippen LogP contribution is 2.40. The lowest BCUT2D eigenvalue weighted by Gasteiger charge is -2.37. The van der Waals surface area contributed by atoms with E-state index in [0.717, 1.165) is 57.3 Å². The third-order valence-corrected chi connectivity index (χ3v) is 7.18. The molecule has 6 heteroatoms. The predicted molar refractivity (Wildman–Crippen MR) is 125 cm³/mol. The van der Waals surface area contributed by atoms with Gasteiger partial charge in [-0.25, -0.2) is 4.98 Å². The third-order valence-electron chi connectivity index (χ3n) is 7.18. The van der Waals surface area contributed by atoms with E-state index in [1.54, 1.807) is 0 Å². The molecule has 1 aromatic heterocycles. The van der Waals surface area contributed by atoms with Gasteiger partial charge < -0.3 is 24.6 Å². The van der Waals surface area contributed by atoms with Crippen molar-refractivity contribution >= 4 is 22.9 Å². The Labute approximate surface area is 185 Å². The number of benzene rings is 1. The molecule has 31 heavy (non-hydrogen) atoms. The van der Waals surface area contributed by atoms with Gasteiger partial charge in [0.15, 0.2) is 0 Å². The van der Waals surface area contributed by atoms with E-state index in [2.05, 4.69) is 51.3 Å². The van der Waals surface area contributed by atoms with Crippen LogP contribution in [0.2, 0.25) is 0 Å². The van der Waals surface area contributed by atoms with Gasteiger partial charge in [0.25, 0.3) is 0 Å². The monoisotopic (exact) mass is 422 g/mol. The van der Waals surface area contributed by atoms with Crippen molar-refractivity contribution in [3.8, 4) is 0 Å². The van der Waals surface area contributed by atoms with Crippen molar-refractivity contribution in [3.63, 3.8) is 0 Å². The number of hydrogen-bond acceptors (Lipinski definition) is 6. The van der Waals surface area contributed by atoms with Crippen molar-refractivity contribution in [2.24, 2.45) is 11.8 Å². The number of nitrogens with zero attached hydrogens (tertiary/aromatic N) is 3. The van der Waals surface area contributed by atoms with Crippen molar-refractivity contribution in [3.05, 3.63) is 42.1 Å². The summed E-state index contributed by atoms with van der Waals surface area (Å²) in [5.41, 5.74) is 4.96. The van der Waals surface area contributed by atoms with Gasteiger partial charge in [-0.05, 0) is 55.4 Å². The van der Waals surface area contributed by atoms with Gasteiger partial charge in [-0.15, -0.1) is 0 Å². The fraction of sp³-hybridized carbons (Fsp3) is 0.560. The van der Waals surface area contributed by atoms with Gasteiger partial charge in [0, 0.05) is 50.7 Å². The molecule has 1 saturated carbocycles. The van der Waals surface area contributed by atoms with Gasteiger partial charge in [-0.1, -0.05) is 13.0 Å². The number of hydrogen-bond donors (Lipinski definition) is 1. The summed E-state index contributed by atoms with van der Waals surface area (Å²) in [6, 6.07) is 11.1. The van der Waals surface area contributed by atoms with E-state index in [9.17, 15) is 0 Å². The molecule has 1 N–H and O–H groups in total. The average molecular weight is 423 g/mol. The molecule has 2 aromatic rings. The summed E-state index contributed by atoms with van der Waals surface area (Å²) in [6.07, 6.45) is 5.89. The van der Waals surface area contributed by atoms with Crippen LogP contribution in [0.3, 0.4) is 0 Å². The van der Waals surface area contributed by atoms with E-state index < -0.39 is 0 Å². The molecule has 5 rings (SSSR count). The molecule has 3 atom stereocenters. The van der Waals surface area contributed by atoms with E-state index in [1.807, 2.05) is 19.4 Å². The van der Waals surface area contributed by atoms with Crippen LogP contribution in [-0.4, -0.2) is 51.0 Å². The fourth-order valence-electron chi connectivity index (χ4n) is 5.47. The maximum atomic E-state index is 5.70. The first-order valence-electron chi connectivity index (χ1n) is 11.7. The van der Waals surface area contributed by atoms with E-state index in [-0.39, 0.29) is 0 Å². The molecular formula is C25H34N4O2. The lowest BCUT2D eigenvalue weighted by molar-refractivity contribution is 0.0163. The minimum atomic E-state index is 0.409. The number of rotatable bonds is 4. The SMILES string of the molecule is CO[C@H]1CC[C@@H](CN2Cc3cccnc3Nc3ccc(N4CCOCC4)cc32)C[C@H]1C.